The zero-order valence-electron chi connectivity index (χ0n) is 14.1. The van der Waals surface area contributed by atoms with Gasteiger partial charge in [0.15, 0.2) is 0 Å². The maximum absolute atomic E-state index is 13.0. The van der Waals surface area contributed by atoms with E-state index in [9.17, 15) is 18.8 Å². The van der Waals surface area contributed by atoms with Crippen LogP contribution < -0.4 is 5.56 Å². The van der Waals surface area contributed by atoms with Gasteiger partial charge in [0.05, 0.1) is 5.56 Å². The summed E-state index contributed by atoms with van der Waals surface area (Å²) in [4.78, 5) is 40.2. The molecular weight excluding hydrogens is 405 g/mol. The smallest absolute Gasteiger partial charge is 0.255 e. The molecule has 8 heteroatoms. The molecule has 0 radical (unpaired) electrons. The van der Waals surface area contributed by atoms with Gasteiger partial charge >= 0.3 is 0 Å². The maximum Gasteiger partial charge on any atom is 0.255 e. The largest absolute Gasteiger partial charge is 0.335 e. The van der Waals surface area contributed by atoms with Crippen molar-refractivity contribution in [3.8, 4) is 0 Å². The Labute approximate surface area is 158 Å². The van der Waals surface area contributed by atoms with Crippen LogP contribution in [-0.2, 0) is 7.05 Å². The van der Waals surface area contributed by atoms with Gasteiger partial charge in [0, 0.05) is 55.5 Å². The lowest BCUT2D eigenvalue weighted by atomic mass is 10.1. The Morgan fingerprint density at radius 2 is 1.54 bits per heavy atom. The minimum Gasteiger partial charge on any atom is -0.335 e. The quantitative estimate of drug-likeness (QED) is 0.743. The van der Waals surface area contributed by atoms with Crippen molar-refractivity contribution < 1.29 is 14.0 Å². The third kappa shape index (κ3) is 3.70. The zero-order chi connectivity index (χ0) is 18.8. The molecule has 3 rings (SSSR count). The van der Waals surface area contributed by atoms with Crippen LogP contribution in [0.5, 0.6) is 0 Å². The molecule has 0 N–H and O–H groups in total. The number of halogens is 2. The number of amides is 2. The van der Waals surface area contributed by atoms with Crippen molar-refractivity contribution in [1.82, 2.24) is 14.4 Å². The number of nitrogens with zero attached hydrogens (tertiary/aromatic N) is 3. The van der Waals surface area contributed by atoms with E-state index in [1.165, 1.54) is 34.9 Å². The molecule has 1 aliphatic rings. The van der Waals surface area contributed by atoms with Gasteiger partial charge in [0.25, 0.3) is 17.4 Å². The monoisotopic (exact) mass is 421 g/mol. The highest BCUT2D eigenvalue weighted by Crippen LogP contribution is 2.18. The molecule has 6 nitrogen and oxygen atoms in total. The van der Waals surface area contributed by atoms with Gasteiger partial charge in [-0.15, -0.1) is 0 Å². The summed E-state index contributed by atoms with van der Waals surface area (Å²) in [7, 11) is 1.61. The van der Waals surface area contributed by atoms with Gasteiger partial charge in [-0.05, 0) is 40.2 Å². The summed E-state index contributed by atoms with van der Waals surface area (Å²) in [5, 5.41) is 0. The molecule has 0 saturated carbocycles. The zero-order valence-corrected chi connectivity index (χ0v) is 15.7. The lowest BCUT2D eigenvalue weighted by Crippen LogP contribution is -2.50. The molecule has 136 valence electrons. The summed E-state index contributed by atoms with van der Waals surface area (Å²) in [5.41, 5.74) is 0.466. The van der Waals surface area contributed by atoms with Gasteiger partial charge in [-0.25, -0.2) is 4.39 Å². The lowest BCUT2D eigenvalue weighted by Gasteiger charge is -2.35. The summed E-state index contributed by atoms with van der Waals surface area (Å²) in [6, 6.07) is 6.71. The Hall–Kier alpha value is -2.48. The molecule has 0 spiro atoms. The third-order valence-corrected chi connectivity index (χ3v) is 4.99. The van der Waals surface area contributed by atoms with Crippen molar-refractivity contribution in [2.45, 2.75) is 0 Å². The molecule has 2 amide bonds. The number of pyridine rings is 1. The number of hydrogen-bond donors (Lipinski definition) is 0. The molecule has 0 unspecified atom stereocenters. The van der Waals surface area contributed by atoms with Gasteiger partial charge < -0.3 is 14.4 Å². The first-order chi connectivity index (χ1) is 12.4. The van der Waals surface area contributed by atoms with Gasteiger partial charge in [-0.2, -0.15) is 0 Å². The van der Waals surface area contributed by atoms with Gasteiger partial charge in [-0.3, -0.25) is 14.4 Å². The van der Waals surface area contributed by atoms with Crippen molar-refractivity contribution in [1.29, 1.82) is 0 Å². The summed E-state index contributed by atoms with van der Waals surface area (Å²) in [6.07, 6.45) is 1.56. The molecule has 2 heterocycles. The number of aryl methyl sites for hydroxylation is 1. The van der Waals surface area contributed by atoms with E-state index >= 15 is 0 Å². The van der Waals surface area contributed by atoms with Gasteiger partial charge in [0.2, 0.25) is 0 Å². The van der Waals surface area contributed by atoms with Crippen LogP contribution in [0.25, 0.3) is 0 Å². The first kappa shape index (κ1) is 18.3. The fraction of sp³-hybridized carbons (Fsp3) is 0.278. The van der Waals surface area contributed by atoms with Gasteiger partial charge in [0.1, 0.15) is 5.82 Å². The summed E-state index contributed by atoms with van der Waals surface area (Å²) < 4.78 is 14.9. The number of benzene rings is 1. The van der Waals surface area contributed by atoms with Crippen LogP contribution in [0.3, 0.4) is 0 Å². The van der Waals surface area contributed by atoms with Crippen LogP contribution in [0.1, 0.15) is 20.7 Å². The van der Waals surface area contributed by atoms with E-state index in [1.807, 2.05) is 0 Å². The number of piperazine rings is 1. The van der Waals surface area contributed by atoms with Crippen molar-refractivity contribution in [2.24, 2.45) is 7.05 Å². The Morgan fingerprint density at radius 3 is 2.12 bits per heavy atom. The molecule has 1 aliphatic heterocycles. The Balaban J connectivity index is 1.67. The van der Waals surface area contributed by atoms with Crippen LogP contribution in [-0.4, -0.2) is 52.4 Å². The predicted molar refractivity (Wildman–Crippen MR) is 97.6 cm³/mol. The van der Waals surface area contributed by atoms with E-state index in [2.05, 4.69) is 15.9 Å². The fourth-order valence-corrected chi connectivity index (χ4v) is 3.41. The Kier molecular flexibility index (Phi) is 5.22. The van der Waals surface area contributed by atoms with Crippen molar-refractivity contribution in [3.63, 3.8) is 0 Å². The molecule has 26 heavy (non-hydrogen) atoms. The number of carbonyl (C=O) groups is 2. The molecule has 1 saturated heterocycles. The molecule has 1 aromatic carbocycles. The van der Waals surface area contributed by atoms with Crippen LogP contribution >= 0.6 is 15.9 Å². The standard InChI is InChI=1S/C18H17BrFN3O3/c1-21-11-15(19)14(10-16(21)24)18(26)23-8-6-22(7-9-23)17(25)12-2-4-13(20)5-3-12/h2-5,10-11H,6-9H2,1H3. The van der Waals surface area contributed by atoms with Crippen LogP contribution in [0.15, 0.2) is 45.8 Å². The molecule has 0 aliphatic carbocycles. The average molecular weight is 422 g/mol. The third-order valence-electron chi connectivity index (χ3n) is 4.36. The fourth-order valence-electron chi connectivity index (χ4n) is 2.82. The molecule has 0 atom stereocenters. The number of hydrogen-bond acceptors (Lipinski definition) is 3. The highest BCUT2D eigenvalue weighted by atomic mass is 79.9. The highest BCUT2D eigenvalue weighted by molar-refractivity contribution is 9.10. The summed E-state index contributed by atoms with van der Waals surface area (Å²) in [5.74, 6) is -0.827. The topological polar surface area (TPSA) is 62.6 Å². The van der Waals surface area contributed by atoms with Crippen molar-refractivity contribution in [3.05, 3.63) is 68.3 Å². The first-order valence-electron chi connectivity index (χ1n) is 8.07. The van der Waals surface area contributed by atoms with E-state index < -0.39 is 5.82 Å². The van der Waals surface area contributed by atoms with Crippen LogP contribution in [0.4, 0.5) is 4.39 Å². The minimum atomic E-state index is -0.392. The molecule has 1 aromatic heterocycles. The predicted octanol–water partition coefficient (Wildman–Crippen LogP) is 1.89. The highest BCUT2D eigenvalue weighted by Gasteiger charge is 2.26. The molecule has 0 bridgehead atoms. The molecule has 1 fully saturated rings. The van der Waals surface area contributed by atoms with E-state index in [4.69, 9.17) is 0 Å². The van der Waals surface area contributed by atoms with Crippen molar-refractivity contribution in [2.75, 3.05) is 26.2 Å². The second kappa shape index (κ2) is 7.41. The second-order valence-electron chi connectivity index (χ2n) is 6.08. The van der Waals surface area contributed by atoms with Crippen molar-refractivity contribution >= 4 is 27.7 Å². The Bertz CT molecular complexity index is 903. The summed E-state index contributed by atoms with van der Waals surface area (Å²) >= 11 is 3.32. The Morgan fingerprint density at radius 1 is 1.00 bits per heavy atom. The molecule has 2 aromatic rings. The molecular formula is C18H17BrFN3O3. The van der Waals surface area contributed by atoms with E-state index in [0.29, 0.717) is 41.8 Å². The number of aromatic nitrogens is 1. The normalized spacial score (nSPS) is 14.4. The van der Waals surface area contributed by atoms with Crippen LogP contribution in [0, 0.1) is 5.82 Å². The van der Waals surface area contributed by atoms with Gasteiger partial charge in [-0.1, -0.05) is 0 Å². The lowest BCUT2D eigenvalue weighted by molar-refractivity contribution is 0.0534. The number of rotatable bonds is 2. The van der Waals surface area contributed by atoms with Crippen LogP contribution in [0.2, 0.25) is 0 Å². The number of carbonyl (C=O) groups excluding carboxylic acids is 2. The maximum atomic E-state index is 13.0. The van der Waals surface area contributed by atoms with E-state index in [0.717, 1.165) is 0 Å². The first-order valence-corrected chi connectivity index (χ1v) is 8.86. The SMILES string of the molecule is Cn1cc(Br)c(C(=O)N2CCN(C(=O)c3ccc(F)cc3)CC2)cc1=O. The summed E-state index contributed by atoms with van der Waals surface area (Å²) in [6.45, 7) is 1.50. The minimum absolute atomic E-state index is 0.188. The van der Waals surface area contributed by atoms with E-state index in [-0.39, 0.29) is 17.4 Å². The van der Waals surface area contributed by atoms with E-state index in [1.54, 1.807) is 23.0 Å². The average Bonchev–Trinajstić information content (AvgIpc) is 2.64. The second-order valence-corrected chi connectivity index (χ2v) is 6.93.